The van der Waals surface area contributed by atoms with Crippen molar-refractivity contribution in [1.29, 1.82) is 0 Å². The van der Waals surface area contributed by atoms with Crippen molar-refractivity contribution in [1.82, 2.24) is 0 Å². The largest absolute Gasteiger partial charge is 0.454 e. The molecule has 4 rings (SSSR count). The maximum atomic E-state index is 12.8. The molecule has 7 nitrogen and oxygen atoms in total. The summed E-state index contributed by atoms with van der Waals surface area (Å²) in [5, 5.41) is 3.45. The van der Waals surface area contributed by atoms with Crippen LogP contribution >= 0.6 is 11.6 Å². The molecule has 0 saturated carbocycles. The molecule has 1 fully saturated rings. The first kappa shape index (κ1) is 18.4. The van der Waals surface area contributed by atoms with Gasteiger partial charge in [-0.05, 0) is 30.3 Å². The summed E-state index contributed by atoms with van der Waals surface area (Å²) in [4.78, 5) is 28.8. The van der Waals surface area contributed by atoms with Gasteiger partial charge < -0.3 is 24.6 Å². The van der Waals surface area contributed by atoms with Crippen LogP contribution in [0.3, 0.4) is 0 Å². The quantitative estimate of drug-likeness (QED) is 0.852. The van der Waals surface area contributed by atoms with Crippen LogP contribution in [0, 0.1) is 5.92 Å². The molecule has 2 aromatic carbocycles. The van der Waals surface area contributed by atoms with Gasteiger partial charge in [0.2, 0.25) is 18.6 Å². The summed E-state index contributed by atoms with van der Waals surface area (Å²) in [7, 11) is 3.78. The number of amides is 2. The van der Waals surface area contributed by atoms with Crippen molar-refractivity contribution in [2.75, 3.05) is 42.5 Å². The third-order valence-electron chi connectivity index (χ3n) is 4.86. The van der Waals surface area contributed by atoms with Crippen molar-refractivity contribution in [3.05, 3.63) is 41.4 Å². The van der Waals surface area contributed by atoms with Crippen molar-refractivity contribution < 1.29 is 19.1 Å². The highest BCUT2D eigenvalue weighted by atomic mass is 35.5. The topological polar surface area (TPSA) is 71.1 Å². The number of anilines is 3. The Morgan fingerprint density at radius 3 is 2.75 bits per heavy atom. The summed E-state index contributed by atoms with van der Waals surface area (Å²) in [5.41, 5.74) is 2.16. The average Bonchev–Trinajstić information content (AvgIpc) is 3.27. The Hall–Kier alpha value is -2.93. The SMILES string of the molecule is CN(C)c1ccc(Cl)cc1NC(=O)C1CC(=O)N(c2ccc3c(c2)OCO3)C1. The Labute approximate surface area is 167 Å². The lowest BCUT2D eigenvalue weighted by Gasteiger charge is -2.20. The van der Waals surface area contributed by atoms with Crippen LogP contribution in [-0.2, 0) is 9.59 Å². The fourth-order valence-corrected chi connectivity index (χ4v) is 3.59. The predicted molar refractivity (Wildman–Crippen MR) is 107 cm³/mol. The Morgan fingerprint density at radius 2 is 1.96 bits per heavy atom. The average molecular weight is 402 g/mol. The van der Waals surface area contributed by atoms with Crippen LogP contribution < -0.4 is 24.6 Å². The number of halogens is 1. The van der Waals surface area contributed by atoms with Crippen LogP contribution in [0.5, 0.6) is 11.5 Å². The summed E-state index contributed by atoms with van der Waals surface area (Å²) >= 11 is 6.08. The van der Waals surface area contributed by atoms with Crippen molar-refractivity contribution in [2.24, 2.45) is 5.92 Å². The summed E-state index contributed by atoms with van der Waals surface area (Å²) in [6, 6.07) is 10.7. The van der Waals surface area contributed by atoms with Crippen LogP contribution in [0.2, 0.25) is 5.02 Å². The Morgan fingerprint density at radius 1 is 1.18 bits per heavy atom. The lowest BCUT2D eigenvalue weighted by atomic mass is 10.1. The molecule has 1 unspecified atom stereocenters. The minimum absolute atomic E-state index is 0.0991. The third kappa shape index (κ3) is 3.45. The first-order chi connectivity index (χ1) is 13.4. The molecule has 2 amide bonds. The molecule has 0 spiro atoms. The normalized spacial score (nSPS) is 17.8. The van der Waals surface area contributed by atoms with E-state index in [-0.39, 0.29) is 25.0 Å². The van der Waals surface area contributed by atoms with Crippen LogP contribution in [-0.4, -0.2) is 39.2 Å². The first-order valence-corrected chi connectivity index (χ1v) is 9.28. The van der Waals surface area contributed by atoms with Crippen molar-refractivity contribution >= 4 is 40.5 Å². The molecular weight excluding hydrogens is 382 g/mol. The number of nitrogens with zero attached hydrogens (tertiary/aromatic N) is 2. The molecule has 0 bridgehead atoms. The standard InChI is InChI=1S/C20H20ClN3O4/c1-23(2)16-5-3-13(21)8-15(16)22-20(26)12-7-19(25)24(10-12)14-4-6-17-18(9-14)28-11-27-17/h3-6,8-9,12H,7,10-11H2,1-2H3,(H,22,26). The van der Waals surface area contributed by atoms with Crippen molar-refractivity contribution in [2.45, 2.75) is 6.42 Å². The van der Waals surface area contributed by atoms with E-state index in [0.717, 1.165) is 5.69 Å². The molecule has 0 radical (unpaired) electrons. The number of fused-ring (bicyclic) bond motifs is 1. The molecule has 28 heavy (non-hydrogen) atoms. The lowest BCUT2D eigenvalue weighted by molar-refractivity contribution is -0.122. The maximum absolute atomic E-state index is 12.8. The summed E-state index contributed by atoms with van der Waals surface area (Å²) in [6.07, 6.45) is 0.151. The number of nitrogens with one attached hydrogen (secondary N) is 1. The van der Waals surface area contributed by atoms with E-state index in [1.165, 1.54) is 0 Å². The summed E-state index contributed by atoms with van der Waals surface area (Å²) in [6.45, 7) is 0.480. The van der Waals surface area contributed by atoms with Gasteiger partial charge in [-0.2, -0.15) is 0 Å². The predicted octanol–water partition coefficient (Wildman–Crippen LogP) is 3.13. The van der Waals surface area contributed by atoms with Gasteiger partial charge in [0.15, 0.2) is 11.5 Å². The highest BCUT2D eigenvalue weighted by Gasteiger charge is 2.36. The zero-order chi connectivity index (χ0) is 19.8. The third-order valence-corrected chi connectivity index (χ3v) is 5.10. The van der Waals surface area contributed by atoms with Crippen LogP contribution in [0.4, 0.5) is 17.1 Å². The van der Waals surface area contributed by atoms with Gasteiger partial charge in [0, 0.05) is 43.8 Å². The Bertz CT molecular complexity index is 947. The number of rotatable bonds is 4. The van der Waals surface area contributed by atoms with Gasteiger partial charge in [0.05, 0.1) is 17.3 Å². The Balaban J connectivity index is 1.50. The lowest BCUT2D eigenvalue weighted by Crippen LogP contribution is -2.28. The summed E-state index contributed by atoms with van der Waals surface area (Å²) < 4.78 is 10.7. The number of hydrogen-bond donors (Lipinski definition) is 1. The van der Waals surface area contributed by atoms with Crippen molar-refractivity contribution in [3.63, 3.8) is 0 Å². The van der Waals surface area contributed by atoms with Gasteiger partial charge in [-0.1, -0.05) is 11.6 Å². The highest BCUT2D eigenvalue weighted by molar-refractivity contribution is 6.31. The monoisotopic (exact) mass is 401 g/mol. The van der Waals surface area contributed by atoms with Crippen LogP contribution in [0.15, 0.2) is 36.4 Å². The molecule has 1 saturated heterocycles. The molecule has 2 aliphatic heterocycles. The van der Waals surface area contributed by atoms with Gasteiger partial charge in [-0.3, -0.25) is 9.59 Å². The van der Waals surface area contributed by atoms with E-state index in [0.29, 0.717) is 34.4 Å². The molecule has 0 aromatic heterocycles. The highest BCUT2D eigenvalue weighted by Crippen LogP contribution is 2.37. The first-order valence-electron chi connectivity index (χ1n) is 8.90. The minimum Gasteiger partial charge on any atom is -0.454 e. The minimum atomic E-state index is -0.452. The van der Waals surface area contributed by atoms with Gasteiger partial charge in [-0.25, -0.2) is 0 Å². The van der Waals surface area contributed by atoms with E-state index < -0.39 is 5.92 Å². The number of carbonyl (C=O) groups is 2. The fraction of sp³-hybridized carbons (Fsp3) is 0.300. The molecule has 2 aromatic rings. The number of benzene rings is 2. The molecule has 2 aliphatic rings. The Kier molecular flexibility index (Phi) is 4.77. The summed E-state index contributed by atoms with van der Waals surface area (Å²) in [5.74, 6) is 0.501. The number of hydrogen-bond acceptors (Lipinski definition) is 5. The maximum Gasteiger partial charge on any atom is 0.231 e. The van der Waals surface area contributed by atoms with E-state index >= 15 is 0 Å². The van der Waals surface area contributed by atoms with Gasteiger partial charge >= 0.3 is 0 Å². The zero-order valence-corrected chi connectivity index (χ0v) is 16.3. The van der Waals surface area contributed by atoms with Crippen molar-refractivity contribution in [3.8, 4) is 11.5 Å². The fourth-order valence-electron chi connectivity index (χ4n) is 3.42. The van der Waals surface area contributed by atoms with E-state index in [2.05, 4.69) is 5.32 Å². The molecule has 1 atom stereocenters. The zero-order valence-electron chi connectivity index (χ0n) is 15.6. The number of carbonyl (C=O) groups excluding carboxylic acids is 2. The molecule has 1 N–H and O–H groups in total. The molecule has 2 heterocycles. The second-order valence-electron chi connectivity index (χ2n) is 6.99. The molecule has 0 aliphatic carbocycles. The van der Waals surface area contributed by atoms with E-state index in [1.807, 2.05) is 25.1 Å². The van der Waals surface area contributed by atoms with Gasteiger partial charge in [0.25, 0.3) is 0 Å². The van der Waals surface area contributed by atoms with Crippen LogP contribution in [0.25, 0.3) is 0 Å². The number of ether oxygens (including phenoxy) is 2. The molecule has 8 heteroatoms. The van der Waals surface area contributed by atoms with E-state index in [4.69, 9.17) is 21.1 Å². The second kappa shape index (κ2) is 7.24. The molecule has 146 valence electrons. The van der Waals surface area contributed by atoms with E-state index in [1.54, 1.807) is 35.2 Å². The van der Waals surface area contributed by atoms with Gasteiger partial charge in [-0.15, -0.1) is 0 Å². The smallest absolute Gasteiger partial charge is 0.231 e. The second-order valence-corrected chi connectivity index (χ2v) is 7.42. The van der Waals surface area contributed by atoms with E-state index in [9.17, 15) is 9.59 Å². The van der Waals surface area contributed by atoms with Crippen LogP contribution in [0.1, 0.15) is 6.42 Å². The van der Waals surface area contributed by atoms with Gasteiger partial charge in [0.1, 0.15) is 0 Å². The molecular formula is C20H20ClN3O4.